The molecule has 20 heavy (non-hydrogen) atoms. The fourth-order valence-electron chi connectivity index (χ4n) is 3.18. The van der Waals surface area contributed by atoms with Crippen molar-refractivity contribution in [1.82, 2.24) is 10.2 Å². The van der Waals surface area contributed by atoms with E-state index < -0.39 is 18.3 Å². The Morgan fingerprint density at radius 3 is 2.45 bits per heavy atom. The van der Waals surface area contributed by atoms with Gasteiger partial charge in [-0.05, 0) is 39.2 Å². The van der Waals surface area contributed by atoms with Crippen LogP contribution in [0, 0.1) is 0 Å². The summed E-state index contributed by atoms with van der Waals surface area (Å²) in [6, 6.07) is -0.192. The van der Waals surface area contributed by atoms with Crippen molar-refractivity contribution >= 4 is 5.97 Å². The molecule has 0 aromatic heterocycles. The van der Waals surface area contributed by atoms with E-state index in [-0.39, 0.29) is 18.1 Å². The number of nitrogens with zero attached hydrogens (tertiary/aromatic N) is 1. The fourth-order valence-corrected chi connectivity index (χ4v) is 3.18. The van der Waals surface area contributed by atoms with Gasteiger partial charge in [-0.15, -0.1) is 0 Å². The number of rotatable bonds is 5. The lowest BCUT2D eigenvalue weighted by atomic mass is 9.97. The zero-order valence-electron chi connectivity index (χ0n) is 11.8. The Morgan fingerprint density at radius 2 is 2.00 bits per heavy atom. The summed E-state index contributed by atoms with van der Waals surface area (Å²) in [7, 11) is 2.97. The first-order valence-corrected chi connectivity index (χ1v) is 6.91. The van der Waals surface area contributed by atoms with E-state index in [1.807, 2.05) is 0 Å². The van der Waals surface area contributed by atoms with Crippen LogP contribution in [-0.4, -0.2) is 55.4 Å². The summed E-state index contributed by atoms with van der Waals surface area (Å²) in [5, 5.41) is 2.95. The van der Waals surface area contributed by atoms with E-state index in [2.05, 4.69) is 5.32 Å². The molecule has 4 nitrogen and oxygen atoms in total. The third-order valence-electron chi connectivity index (χ3n) is 4.39. The summed E-state index contributed by atoms with van der Waals surface area (Å²) >= 11 is 0. The number of hydrogen-bond donors (Lipinski definition) is 1. The molecular weight excluding hydrogens is 273 g/mol. The number of carbonyl (C=O) groups is 1. The van der Waals surface area contributed by atoms with Crippen molar-refractivity contribution < 1.29 is 22.7 Å². The first-order valence-electron chi connectivity index (χ1n) is 6.91. The molecule has 0 amide bonds. The van der Waals surface area contributed by atoms with E-state index in [1.54, 1.807) is 7.05 Å². The number of halogens is 3. The van der Waals surface area contributed by atoms with Crippen molar-refractivity contribution in [3.05, 3.63) is 0 Å². The third kappa shape index (κ3) is 3.25. The average Bonchev–Trinajstić information content (AvgIpc) is 3.13. The topological polar surface area (TPSA) is 41.6 Å². The van der Waals surface area contributed by atoms with Crippen LogP contribution in [0.15, 0.2) is 0 Å². The van der Waals surface area contributed by atoms with E-state index in [0.717, 1.165) is 12.8 Å². The molecule has 116 valence electrons. The van der Waals surface area contributed by atoms with Crippen LogP contribution < -0.4 is 5.32 Å². The number of ether oxygens (including phenoxy) is 1. The van der Waals surface area contributed by atoms with E-state index in [9.17, 15) is 18.0 Å². The van der Waals surface area contributed by atoms with Gasteiger partial charge in [0.25, 0.3) is 0 Å². The van der Waals surface area contributed by atoms with Crippen molar-refractivity contribution in [3.63, 3.8) is 0 Å². The maximum Gasteiger partial charge on any atom is 0.401 e. The smallest absolute Gasteiger partial charge is 0.401 e. The van der Waals surface area contributed by atoms with Crippen LogP contribution in [0.1, 0.15) is 32.1 Å². The standard InChI is InChI=1S/C13H21F3N2O2/c1-17-12(11(19)20-2)6-5-10(7-12)18(9-3-4-9)8-13(14,15)16/h9-10,17H,3-8H2,1-2H3. The summed E-state index contributed by atoms with van der Waals surface area (Å²) in [4.78, 5) is 13.4. The van der Waals surface area contributed by atoms with Crippen LogP contribution in [0.5, 0.6) is 0 Å². The van der Waals surface area contributed by atoms with E-state index in [1.165, 1.54) is 12.0 Å². The molecule has 7 heteroatoms. The third-order valence-corrected chi connectivity index (χ3v) is 4.39. The van der Waals surface area contributed by atoms with Crippen LogP contribution in [0.4, 0.5) is 13.2 Å². The monoisotopic (exact) mass is 294 g/mol. The largest absolute Gasteiger partial charge is 0.468 e. The molecule has 0 bridgehead atoms. The maximum absolute atomic E-state index is 12.7. The Labute approximate surface area is 116 Å². The molecule has 2 fully saturated rings. The zero-order valence-corrected chi connectivity index (χ0v) is 11.8. The summed E-state index contributed by atoms with van der Waals surface area (Å²) in [6.07, 6.45) is -1.08. The Hall–Kier alpha value is -0.820. The van der Waals surface area contributed by atoms with Crippen LogP contribution >= 0.6 is 0 Å². The number of methoxy groups -OCH3 is 1. The first kappa shape index (κ1) is 15.6. The highest BCUT2D eigenvalue weighted by Crippen LogP contribution is 2.40. The van der Waals surface area contributed by atoms with Gasteiger partial charge in [-0.3, -0.25) is 9.69 Å². The second-order valence-electron chi connectivity index (χ2n) is 5.74. The minimum Gasteiger partial charge on any atom is -0.468 e. The summed E-state index contributed by atoms with van der Waals surface area (Å²) in [5.74, 6) is -0.384. The number of hydrogen-bond acceptors (Lipinski definition) is 4. The number of esters is 1. The molecule has 1 N–H and O–H groups in total. The molecule has 2 aliphatic rings. The molecule has 2 saturated carbocycles. The predicted molar refractivity (Wildman–Crippen MR) is 67.2 cm³/mol. The quantitative estimate of drug-likeness (QED) is 0.784. The summed E-state index contributed by atoms with van der Waals surface area (Å²) < 4.78 is 42.9. The predicted octanol–water partition coefficient (Wildman–Crippen LogP) is 1.70. The average molecular weight is 294 g/mol. The molecule has 0 saturated heterocycles. The highest BCUT2D eigenvalue weighted by Gasteiger charge is 2.50. The molecular formula is C13H21F3N2O2. The molecule has 2 atom stereocenters. The summed E-state index contributed by atoms with van der Waals surface area (Å²) in [5.41, 5.74) is -0.835. The minimum atomic E-state index is -4.20. The highest BCUT2D eigenvalue weighted by atomic mass is 19.4. The van der Waals surface area contributed by atoms with Crippen LogP contribution in [0.3, 0.4) is 0 Å². The second kappa shape index (κ2) is 5.52. The maximum atomic E-state index is 12.7. The van der Waals surface area contributed by atoms with Crippen molar-refractivity contribution in [2.45, 2.75) is 55.9 Å². The number of alkyl halides is 3. The molecule has 0 aromatic carbocycles. The molecule has 2 unspecified atom stereocenters. The molecule has 0 radical (unpaired) electrons. The SMILES string of the molecule is CNC1(C(=O)OC)CCC(N(CC(F)(F)F)C2CC2)C1. The van der Waals surface area contributed by atoms with Crippen LogP contribution in [0.25, 0.3) is 0 Å². The molecule has 2 rings (SSSR count). The molecule has 0 aliphatic heterocycles. The van der Waals surface area contributed by atoms with Crippen LogP contribution in [0.2, 0.25) is 0 Å². The molecule has 0 spiro atoms. The van der Waals surface area contributed by atoms with Crippen LogP contribution in [-0.2, 0) is 9.53 Å². The minimum absolute atomic E-state index is 0.0203. The Morgan fingerprint density at radius 1 is 1.35 bits per heavy atom. The van der Waals surface area contributed by atoms with E-state index >= 15 is 0 Å². The fraction of sp³-hybridized carbons (Fsp3) is 0.923. The van der Waals surface area contributed by atoms with Gasteiger partial charge in [0.1, 0.15) is 5.54 Å². The lowest BCUT2D eigenvalue weighted by Crippen LogP contribution is -2.51. The molecule has 0 aromatic rings. The Kier molecular flexibility index (Phi) is 4.30. The lowest BCUT2D eigenvalue weighted by Gasteiger charge is -2.31. The van der Waals surface area contributed by atoms with Gasteiger partial charge in [0.05, 0.1) is 13.7 Å². The van der Waals surface area contributed by atoms with Gasteiger partial charge in [0, 0.05) is 12.1 Å². The Bertz CT molecular complexity index is 371. The van der Waals surface area contributed by atoms with Gasteiger partial charge in [-0.1, -0.05) is 0 Å². The number of carbonyl (C=O) groups excluding carboxylic acids is 1. The van der Waals surface area contributed by atoms with Gasteiger partial charge in [0.15, 0.2) is 0 Å². The van der Waals surface area contributed by atoms with Gasteiger partial charge in [-0.2, -0.15) is 13.2 Å². The van der Waals surface area contributed by atoms with E-state index in [0.29, 0.717) is 19.3 Å². The van der Waals surface area contributed by atoms with Gasteiger partial charge in [-0.25, -0.2) is 0 Å². The van der Waals surface area contributed by atoms with Crippen molar-refractivity contribution in [3.8, 4) is 0 Å². The van der Waals surface area contributed by atoms with Crippen molar-refractivity contribution in [2.75, 3.05) is 20.7 Å². The highest BCUT2D eigenvalue weighted by molar-refractivity contribution is 5.81. The summed E-state index contributed by atoms with van der Waals surface area (Å²) in [6.45, 7) is -0.886. The van der Waals surface area contributed by atoms with Crippen molar-refractivity contribution in [1.29, 1.82) is 0 Å². The van der Waals surface area contributed by atoms with Gasteiger partial charge < -0.3 is 10.1 Å². The zero-order chi connectivity index (χ0) is 15.0. The number of nitrogens with one attached hydrogen (secondary N) is 1. The normalized spacial score (nSPS) is 30.8. The van der Waals surface area contributed by atoms with Crippen molar-refractivity contribution in [2.24, 2.45) is 0 Å². The molecule has 2 aliphatic carbocycles. The first-order chi connectivity index (χ1) is 9.31. The Balaban J connectivity index is 2.07. The number of likely N-dealkylation sites (N-methyl/N-ethyl adjacent to an activating group) is 1. The van der Waals surface area contributed by atoms with E-state index in [4.69, 9.17) is 4.74 Å². The second-order valence-corrected chi connectivity index (χ2v) is 5.74. The van der Waals surface area contributed by atoms with Gasteiger partial charge >= 0.3 is 12.1 Å². The lowest BCUT2D eigenvalue weighted by molar-refractivity contribution is -0.153. The molecule has 0 heterocycles. The van der Waals surface area contributed by atoms with Gasteiger partial charge in [0.2, 0.25) is 0 Å².